The van der Waals surface area contributed by atoms with Crippen LogP contribution in [0.4, 0.5) is 0 Å². The molecule has 4 rings (SSSR count). The van der Waals surface area contributed by atoms with Crippen molar-refractivity contribution >= 4 is 8.96 Å². The van der Waals surface area contributed by atoms with Crippen molar-refractivity contribution in [3.8, 4) is 17.6 Å². The average molecular weight is 619 g/mol. The molecule has 3 atom stereocenters. The van der Waals surface area contributed by atoms with Gasteiger partial charge in [-0.1, -0.05) is 67.4 Å². The van der Waals surface area contributed by atoms with E-state index in [9.17, 15) is 0 Å². The second-order valence-corrected chi connectivity index (χ2v) is 12.8. The number of methoxy groups -OCH3 is 2. The van der Waals surface area contributed by atoms with Crippen LogP contribution in [0.25, 0.3) is 0 Å². The third kappa shape index (κ3) is 7.99. The zero-order valence-electron chi connectivity index (χ0n) is 26.9. The SMILES string of the molecule is COc1ccc(C(O[C@@H]2CCCC[C@H]2OPN(C(C)C)C(C)(C)OCCC#N)(c2ccccc2)c2ccc(OC)cc2)cc1. The molecule has 0 aliphatic heterocycles. The summed E-state index contributed by atoms with van der Waals surface area (Å²) in [5.41, 5.74) is 1.59. The highest BCUT2D eigenvalue weighted by Crippen LogP contribution is 2.46. The molecule has 0 amide bonds. The zero-order chi connectivity index (χ0) is 31.6. The number of rotatable bonds is 15. The lowest BCUT2D eigenvalue weighted by Gasteiger charge is -2.44. The number of nitrogens with zero attached hydrogens (tertiary/aromatic N) is 2. The van der Waals surface area contributed by atoms with E-state index in [1.165, 1.54) is 0 Å². The topological polar surface area (TPSA) is 73.2 Å². The normalized spacial score (nSPS) is 17.7. The van der Waals surface area contributed by atoms with Crippen molar-refractivity contribution in [3.05, 3.63) is 95.6 Å². The lowest BCUT2D eigenvalue weighted by atomic mass is 9.79. The van der Waals surface area contributed by atoms with E-state index in [1.807, 2.05) is 44.2 Å². The van der Waals surface area contributed by atoms with Crippen LogP contribution in [0.15, 0.2) is 78.9 Å². The van der Waals surface area contributed by atoms with Crippen LogP contribution >= 0.6 is 8.96 Å². The van der Waals surface area contributed by atoms with Crippen LogP contribution in [0.1, 0.15) is 76.5 Å². The molecule has 0 bridgehead atoms. The highest BCUT2D eigenvalue weighted by molar-refractivity contribution is 7.29. The molecule has 44 heavy (non-hydrogen) atoms. The Hall–Kier alpha value is -2.98. The van der Waals surface area contributed by atoms with Crippen LogP contribution in [0.5, 0.6) is 11.5 Å². The summed E-state index contributed by atoms with van der Waals surface area (Å²) in [5.74, 6) is 1.58. The fourth-order valence-electron chi connectivity index (χ4n) is 5.97. The largest absolute Gasteiger partial charge is 0.497 e. The second kappa shape index (κ2) is 15.8. The second-order valence-electron chi connectivity index (χ2n) is 11.9. The van der Waals surface area contributed by atoms with E-state index < -0.39 is 11.3 Å². The minimum absolute atomic E-state index is 0.0785. The summed E-state index contributed by atoms with van der Waals surface area (Å²) in [5, 5.41) is 9.01. The van der Waals surface area contributed by atoms with Crippen LogP contribution in [0, 0.1) is 11.3 Å². The summed E-state index contributed by atoms with van der Waals surface area (Å²) in [6.07, 6.45) is 4.06. The van der Waals surface area contributed by atoms with Crippen molar-refractivity contribution in [1.29, 1.82) is 5.26 Å². The van der Waals surface area contributed by atoms with Crippen molar-refractivity contribution in [2.45, 2.75) is 89.4 Å². The molecule has 236 valence electrons. The maximum Gasteiger partial charge on any atom is 0.144 e. The molecular weight excluding hydrogens is 571 g/mol. The van der Waals surface area contributed by atoms with Crippen molar-refractivity contribution < 1.29 is 23.5 Å². The Morgan fingerprint density at radius 2 is 1.34 bits per heavy atom. The van der Waals surface area contributed by atoms with Crippen molar-refractivity contribution in [1.82, 2.24) is 4.67 Å². The quantitative estimate of drug-likeness (QED) is 0.0735. The van der Waals surface area contributed by atoms with Gasteiger partial charge in [0.15, 0.2) is 0 Å². The van der Waals surface area contributed by atoms with Crippen LogP contribution in [-0.2, 0) is 19.6 Å². The van der Waals surface area contributed by atoms with Gasteiger partial charge in [0, 0.05) is 6.04 Å². The van der Waals surface area contributed by atoms with Crippen molar-refractivity contribution in [2.24, 2.45) is 0 Å². The molecule has 0 N–H and O–H groups in total. The summed E-state index contributed by atoms with van der Waals surface area (Å²) in [6, 6.07) is 29.1. The maximum absolute atomic E-state index is 9.01. The first-order chi connectivity index (χ1) is 21.2. The number of benzene rings is 3. The van der Waals surface area contributed by atoms with Crippen LogP contribution < -0.4 is 9.47 Å². The predicted molar refractivity (Wildman–Crippen MR) is 176 cm³/mol. The fourth-order valence-corrected chi connectivity index (χ4v) is 6.98. The number of nitriles is 1. The Labute approximate surface area is 265 Å². The number of hydrogen-bond donors (Lipinski definition) is 0. The Morgan fingerprint density at radius 3 is 1.84 bits per heavy atom. The van der Waals surface area contributed by atoms with Crippen LogP contribution in [0.3, 0.4) is 0 Å². The van der Waals surface area contributed by atoms with E-state index in [-0.39, 0.29) is 27.2 Å². The average Bonchev–Trinajstić information content (AvgIpc) is 3.04. The van der Waals surface area contributed by atoms with E-state index >= 15 is 0 Å². The summed E-state index contributed by atoms with van der Waals surface area (Å²) in [4.78, 5) is 0. The van der Waals surface area contributed by atoms with Crippen LogP contribution in [0.2, 0.25) is 0 Å². The molecule has 0 saturated heterocycles. The first-order valence-corrected chi connectivity index (χ1v) is 16.3. The molecule has 0 radical (unpaired) electrons. The minimum Gasteiger partial charge on any atom is -0.497 e. The molecule has 1 unspecified atom stereocenters. The van der Waals surface area contributed by atoms with Gasteiger partial charge >= 0.3 is 0 Å². The predicted octanol–water partition coefficient (Wildman–Crippen LogP) is 8.23. The Morgan fingerprint density at radius 1 is 0.818 bits per heavy atom. The van der Waals surface area contributed by atoms with Crippen LogP contribution in [-0.4, -0.2) is 49.5 Å². The number of ether oxygens (including phenoxy) is 4. The smallest absolute Gasteiger partial charge is 0.144 e. The maximum atomic E-state index is 9.01. The summed E-state index contributed by atoms with van der Waals surface area (Å²) in [6.45, 7) is 8.77. The van der Waals surface area contributed by atoms with Gasteiger partial charge in [-0.25, -0.2) is 4.67 Å². The van der Waals surface area contributed by atoms with Gasteiger partial charge in [0.2, 0.25) is 0 Å². The van der Waals surface area contributed by atoms with Gasteiger partial charge in [0.25, 0.3) is 0 Å². The first kappa shape index (κ1) is 33.9. The van der Waals surface area contributed by atoms with Gasteiger partial charge in [-0.15, -0.1) is 0 Å². The molecule has 3 aromatic carbocycles. The van der Waals surface area contributed by atoms with Crippen molar-refractivity contribution in [2.75, 3.05) is 20.8 Å². The van der Waals surface area contributed by atoms with Crippen molar-refractivity contribution in [3.63, 3.8) is 0 Å². The third-order valence-corrected chi connectivity index (χ3v) is 9.87. The molecule has 8 heteroatoms. The highest BCUT2D eigenvalue weighted by Gasteiger charge is 2.43. The minimum atomic E-state index is -0.899. The van der Waals surface area contributed by atoms with E-state index in [0.717, 1.165) is 53.9 Å². The standard InChI is InChI=1S/C36H47N2O5P/c1-27(2)38(35(3,4)41-26-12-25-37)44-43-34-16-11-10-15-33(34)42-36(28-13-8-7-9-14-28,29-17-21-31(39-5)22-18-29)30-19-23-32(40-6)24-20-30/h7-9,13-14,17-24,27,33-34,44H,10-12,15-16,26H2,1-6H3/t33-,34-/m1/s1. The lowest BCUT2D eigenvalue weighted by molar-refractivity contribution is -0.119. The first-order valence-electron chi connectivity index (χ1n) is 15.5. The fraction of sp³-hybridized carbons (Fsp3) is 0.472. The van der Waals surface area contributed by atoms with Gasteiger partial charge in [-0.05, 0) is 81.5 Å². The van der Waals surface area contributed by atoms with Gasteiger partial charge in [0.05, 0.1) is 54.5 Å². The lowest BCUT2D eigenvalue weighted by Crippen LogP contribution is -2.46. The number of hydrogen-bond acceptors (Lipinski definition) is 7. The molecule has 3 aromatic rings. The summed E-state index contributed by atoms with van der Waals surface area (Å²) in [7, 11) is 3.44. The molecule has 0 spiro atoms. The van der Waals surface area contributed by atoms with E-state index in [4.69, 9.17) is 28.7 Å². The van der Waals surface area contributed by atoms with E-state index in [0.29, 0.717) is 13.0 Å². The summed E-state index contributed by atoms with van der Waals surface area (Å²) < 4.78 is 33.6. The molecule has 1 fully saturated rings. The Kier molecular flexibility index (Phi) is 12.2. The highest BCUT2D eigenvalue weighted by atomic mass is 31.1. The molecule has 0 aromatic heterocycles. The van der Waals surface area contributed by atoms with Gasteiger partial charge in [-0.2, -0.15) is 5.26 Å². The van der Waals surface area contributed by atoms with Gasteiger partial charge in [-0.3, -0.25) is 0 Å². The molecule has 0 heterocycles. The van der Waals surface area contributed by atoms with E-state index in [1.54, 1.807) is 14.2 Å². The van der Waals surface area contributed by atoms with E-state index in [2.05, 4.69) is 73.1 Å². The third-order valence-electron chi connectivity index (χ3n) is 8.21. The Bertz CT molecular complexity index is 1280. The zero-order valence-corrected chi connectivity index (χ0v) is 27.9. The Balaban J connectivity index is 1.72. The monoisotopic (exact) mass is 618 g/mol. The molecule has 1 saturated carbocycles. The molecule has 1 aliphatic rings. The molecule has 1 aliphatic carbocycles. The molecule has 7 nitrogen and oxygen atoms in total. The summed E-state index contributed by atoms with van der Waals surface area (Å²) >= 11 is 0. The van der Waals surface area contributed by atoms with Gasteiger partial charge < -0.3 is 23.5 Å². The van der Waals surface area contributed by atoms with Gasteiger partial charge in [0.1, 0.15) is 22.8 Å². The molecular formula is C36H47N2O5P.